The number of carboxylic acid groups (broad SMARTS) is 1. The maximum absolute atomic E-state index is 13.4. The molecule has 0 spiro atoms. The van der Waals surface area contributed by atoms with Gasteiger partial charge in [0.1, 0.15) is 17.5 Å². The number of benzene rings is 1. The average molecular weight is 313 g/mol. The number of nitrogens with two attached hydrogens (primary N) is 1. The second kappa shape index (κ2) is 6.83. The summed E-state index contributed by atoms with van der Waals surface area (Å²) in [5.41, 5.74) is 3.75. The van der Waals surface area contributed by atoms with Crippen molar-refractivity contribution in [3.05, 3.63) is 33.6 Å². The first-order chi connectivity index (χ1) is 10.1. The summed E-state index contributed by atoms with van der Waals surface area (Å²) >= 11 is 0. The van der Waals surface area contributed by atoms with Gasteiger partial charge < -0.3 is 16.2 Å². The van der Waals surface area contributed by atoms with Crippen LogP contribution in [0.5, 0.6) is 0 Å². The number of hydrogen-bond donors (Lipinski definition) is 3. The average Bonchev–Trinajstić information content (AvgIpc) is 2.39. The molecule has 120 valence electrons. The molecule has 4 N–H and O–H groups in total. The number of anilines is 1. The Bertz CT molecular complexity index is 618. The van der Waals surface area contributed by atoms with Crippen molar-refractivity contribution in [1.29, 1.82) is 0 Å². The molecule has 0 heterocycles. The van der Waals surface area contributed by atoms with Crippen LogP contribution in [0.1, 0.15) is 30.6 Å². The van der Waals surface area contributed by atoms with Crippen molar-refractivity contribution in [3.8, 4) is 0 Å². The van der Waals surface area contributed by atoms with Crippen molar-refractivity contribution in [2.45, 2.75) is 26.3 Å². The Morgan fingerprint density at radius 3 is 2.50 bits per heavy atom. The number of carbonyl (C=O) groups excluding carboxylic acids is 1. The van der Waals surface area contributed by atoms with Gasteiger partial charge in [-0.3, -0.25) is 14.9 Å². The molecule has 8 nitrogen and oxygen atoms in total. The van der Waals surface area contributed by atoms with Crippen LogP contribution in [-0.4, -0.2) is 27.9 Å². The van der Waals surface area contributed by atoms with E-state index in [0.29, 0.717) is 6.07 Å². The smallest absolute Gasteiger partial charge is 0.326 e. The highest BCUT2D eigenvalue weighted by molar-refractivity contribution is 6.02. The molecule has 0 bridgehead atoms. The van der Waals surface area contributed by atoms with E-state index >= 15 is 0 Å². The molecule has 9 heteroatoms. The number of nitrogens with one attached hydrogen (secondary N) is 1. The number of nitrogens with zero attached hydrogens (tertiary/aromatic N) is 1. The number of nitrogen functional groups attached to an aromatic ring is 1. The van der Waals surface area contributed by atoms with E-state index in [9.17, 15) is 24.1 Å². The predicted octanol–water partition coefficient (Wildman–Crippen LogP) is 1.55. The van der Waals surface area contributed by atoms with Crippen molar-refractivity contribution >= 4 is 23.3 Å². The van der Waals surface area contributed by atoms with Gasteiger partial charge in [-0.25, -0.2) is 9.18 Å². The van der Waals surface area contributed by atoms with Crippen LogP contribution in [0, 0.1) is 21.8 Å². The van der Waals surface area contributed by atoms with Gasteiger partial charge in [0.2, 0.25) is 0 Å². The minimum absolute atomic E-state index is 0.0133. The van der Waals surface area contributed by atoms with Crippen LogP contribution < -0.4 is 11.1 Å². The van der Waals surface area contributed by atoms with Crippen molar-refractivity contribution in [3.63, 3.8) is 0 Å². The van der Waals surface area contributed by atoms with Gasteiger partial charge in [0.05, 0.1) is 16.6 Å². The number of carbonyl (C=O) groups is 2. The van der Waals surface area contributed by atoms with Crippen LogP contribution >= 0.6 is 0 Å². The molecule has 0 saturated heterocycles. The van der Waals surface area contributed by atoms with Crippen LogP contribution in [0.25, 0.3) is 0 Å². The summed E-state index contributed by atoms with van der Waals surface area (Å²) in [7, 11) is 0. The maximum Gasteiger partial charge on any atom is 0.326 e. The van der Waals surface area contributed by atoms with Crippen molar-refractivity contribution in [1.82, 2.24) is 5.32 Å². The largest absolute Gasteiger partial charge is 0.480 e. The molecule has 0 aliphatic carbocycles. The third-order valence-corrected chi connectivity index (χ3v) is 2.87. The number of hydrogen-bond acceptors (Lipinski definition) is 5. The lowest BCUT2D eigenvalue weighted by Crippen LogP contribution is -2.41. The molecule has 0 radical (unpaired) electrons. The highest BCUT2D eigenvalue weighted by atomic mass is 19.1. The van der Waals surface area contributed by atoms with Gasteiger partial charge in [-0.2, -0.15) is 0 Å². The van der Waals surface area contributed by atoms with Crippen LogP contribution in [-0.2, 0) is 4.79 Å². The third kappa shape index (κ3) is 4.14. The molecular formula is C13H16FN3O5. The Morgan fingerprint density at radius 1 is 1.45 bits per heavy atom. The van der Waals surface area contributed by atoms with Gasteiger partial charge in [-0.1, -0.05) is 13.8 Å². The lowest BCUT2D eigenvalue weighted by Gasteiger charge is -2.17. The van der Waals surface area contributed by atoms with Crippen molar-refractivity contribution in [2.24, 2.45) is 5.92 Å². The summed E-state index contributed by atoms with van der Waals surface area (Å²) in [6.45, 7) is 3.53. The van der Waals surface area contributed by atoms with Gasteiger partial charge in [-0.05, 0) is 18.4 Å². The summed E-state index contributed by atoms with van der Waals surface area (Å²) in [6, 6.07) is 0.121. The topological polar surface area (TPSA) is 136 Å². The molecule has 0 fully saturated rings. The number of aliphatic carboxylic acids is 1. The van der Waals surface area contributed by atoms with Gasteiger partial charge in [0.25, 0.3) is 11.6 Å². The second-order valence-corrected chi connectivity index (χ2v) is 5.14. The minimum atomic E-state index is -1.26. The van der Waals surface area contributed by atoms with Crippen LogP contribution in [0.15, 0.2) is 12.1 Å². The summed E-state index contributed by atoms with van der Waals surface area (Å²) in [4.78, 5) is 33.0. The number of nitro groups is 1. The molecule has 1 atom stereocenters. The predicted molar refractivity (Wildman–Crippen MR) is 75.8 cm³/mol. The zero-order valence-corrected chi connectivity index (χ0v) is 12.0. The lowest BCUT2D eigenvalue weighted by molar-refractivity contribution is -0.384. The fourth-order valence-corrected chi connectivity index (χ4v) is 1.87. The van der Waals surface area contributed by atoms with E-state index < -0.39 is 45.6 Å². The normalized spacial score (nSPS) is 12.0. The van der Waals surface area contributed by atoms with E-state index in [1.54, 1.807) is 13.8 Å². The number of carboxylic acids is 1. The summed E-state index contributed by atoms with van der Waals surface area (Å²) < 4.78 is 13.4. The molecule has 0 aromatic heterocycles. The number of rotatable bonds is 6. The summed E-state index contributed by atoms with van der Waals surface area (Å²) in [5.74, 6) is -3.26. The molecular weight excluding hydrogens is 297 g/mol. The quantitative estimate of drug-likeness (QED) is 0.414. The SMILES string of the molecule is CC(C)C[C@@H](NC(=O)c1cc(F)cc([N+](=O)[O-])c1N)C(=O)O. The van der Waals surface area contributed by atoms with E-state index in [0.717, 1.165) is 6.07 Å². The minimum Gasteiger partial charge on any atom is -0.480 e. The zero-order chi connectivity index (χ0) is 17.0. The highest BCUT2D eigenvalue weighted by Gasteiger charge is 2.26. The fraction of sp³-hybridized carbons (Fsp3) is 0.385. The molecule has 1 aromatic carbocycles. The maximum atomic E-state index is 13.4. The Labute approximate surface area is 125 Å². The molecule has 0 aliphatic heterocycles. The fourth-order valence-electron chi connectivity index (χ4n) is 1.87. The summed E-state index contributed by atoms with van der Waals surface area (Å²) in [6.07, 6.45) is 0.151. The number of halogens is 1. The monoisotopic (exact) mass is 313 g/mol. The molecule has 0 aliphatic rings. The Kier molecular flexibility index (Phi) is 5.39. The third-order valence-electron chi connectivity index (χ3n) is 2.87. The van der Waals surface area contributed by atoms with Crippen LogP contribution in [0.3, 0.4) is 0 Å². The van der Waals surface area contributed by atoms with Crippen LogP contribution in [0.4, 0.5) is 15.8 Å². The first-order valence-electron chi connectivity index (χ1n) is 6.40. The molecule has 0 saturated carbocycles. The van der Waals surface area contributed by atoms with Gasteiger partial charge >= 0.3 is 5.97 Å². The first kappa shape index (κ1) is 17.3. The van der Waals surface area contributed by atoms with E-state index in [1.165, 1.54) is 0 Å². The molecule has 1 aromatic rings. The van der Waals surface area contributed by atoms with Crippen molar-refractivity contribution in [2.75, 3.05) is 5.73 Å². The molecule has 1 amide bonds. The van der Waals surface area contributed by atoms with Gasteiger partial charge in [0, 0.05) is 0 Å². The van der Waals surface area contributed by atoms with E-state index in [-0.39, 0.29) is 12.3 Å². The zero-order valence-electron chi connectivity index (χ0n) is 12.0. The number of nitro benzene ring substituents is 1. The highest BCUT2D eigenvalue weighted by Crippen LogP contribution is 2.26. The molecule has 22 heavy (non-hydrogen) atoms. The number of amides is 1. The van der Waals surface area contributed by atoms with Crippen LogP contribution in [0.2, 0.25) is 0 Å². The van der Waals surface area contributed by atoms with E-state index in [2.05, 4.69) is 5.32 Å². The lowest BCUT2D eigenvalue weighted by atomic mass is 10.0. The van der Waals surface area contributed by atoms with E-state index in [4.69, 9.17) is 10.8 Å². The van der Waals surface area contributed by atoms with Gasteiger partial charge in [0.15, 0.2) is 0 Å². The Balaban J connectivity index is 3.12. The first-order valence-corrected chi connectivity index (χ1v) is 6.40. The summed E-state index contributed by atoms with van der Waals surface area (Å²) in [5, 5.41) is 22.0. The van der Waals surface area contributed by atoms with Crippen molar-refractivity contribution < 1.29 is 24.0 Å². The molecule has 0 unspecified atom stereocenters. The standard InChI is InChI=1S/C13H16FN3O5/c1-6(2)3-9(13(19)20)16-12(18)8-4-7(14)5-10(11(8)15)17(21)22/h4-6,9H,3,15H2,1-2H3,(H,16,18)(H,19,20)/t9-/m1/s1. The Hall–Kier alpha value is -2.71. The van der Waals surface area contributed by atoms with E-state index in [1.807, 2.05) is 0 Å². The van der Waals surface area contributed by atoms with Gasteiger partial charge in [-0.15, -0.1) is 0 Å². The molecule has 1 rings (SSSR count). The second-order valence-electron chi connectivity index (χ2n) is 5.14. The Morgan fingerprint density at radius 2 is 2.05 bits per heavy atom.